The highest BCUT2D eigenvalue weighted by atomic mass is 16.5. The highest BCUT2D eigenvalue weighted by molar-refractivity contribution is 5.80. The summed E-state index contributed by atoms with van der Waals surface area (Å²) in [5.74, 6) is 2.07. The van der Waals surface area contributed by atoms with Crippen LogP contribution in [0.15, 0.2) is 42.5 Å². The molecule has 3 aromatic rings. The van der Waals surface area contributed by atoms with Crippen molar-refractivity contribution >= 4 is 16.9 Å². The van der Waals surface area contributed by atoms with Crippen molar-refractivity contribution in [2.45, 2.75) is 65.0 Å². The lowest BCUT2D eigenvalue weighted by molar-refractivity contribution is -0.130. The van der Waals surface area contributed by atoms with Crippen LogP contribution in [0.4, 0.5) is 0 Å². The number of nitrogens with one attached hydrogen (secondary N) is 1. The van der Waals surface area contributed by atoms with Crippen LogP contribution in [0.3, 0.4) is 0 Å². The van der Waals surface area contributed by atoms with Crippen LogP contribution in [-0.4, -0.2) is 41.3 Å². The molecule has 1 fully saturated rings. The van der Waals surface area contributed by atoms with E-state index < -0.39 is 0 Å². The summed E-state index contributed by atoms with van der Waals surface area (Å²) in [4.78, 5) is 17.0. The number of hydrogen-bond donors (Lipinski definition) is 1. The molecule has 0 saturated carbocycles. The Labute approximate surface area is 196 Å². The topological polar surface area (TPSA) is 65.4 Å². The Morgan fingerprint density at radius 3 is 2.88 bits per heavy atom. The Morgan fingerprint density at radius 1 is 1.18 bits per heavy atom. The zero-order valence-electron chi connectivity index (χ0n) is 19.8. The standard InChI is InChI=1S/C27H35N3O3/c1-20-13-14-24(21(2)19-20)32-17-6-5-16-30-23-10-4-3-9-22(23)29-26(30)12-7-15-28-27(31)25-11-8-18-33-25/h3-4,9-10,13-14,19,25H,5-8,11-12,15-18H2,1-2H3,(H,28,31). The predicted octanol–water partition coefficient (Wildman–Crippen LogP) is 4.74. The van der Waals surface area contributed by atoms with Crippen molar-refractivity contribution < 1.29 is 14.3 Å². The number of hydrogen-bond acceptors (Lipinski definition) is 4. The van der Waals surface area contributed by atoms with Crippen LogP contribution >= 0.6 is 0 Å². The van der Waals surface area contributed by atoms with E-state index in [2.05, 4.69) is 60.1 Å². The Balaban J connectivity index is 1.28. The molecule has 6 nitrogen and oxygen atoms in total. The van der Waals surface area contributed by atoms with Crippen LogP contribution in [0, 0.1) is 13.8 Å². The first kappa shape index (κ1) is 23.3. The highest BCUT2D eigenvalue weighted by Crippen LogP contribution is 2.20. The number of carbonyl (C=O) groups excluding carboxylic acids is 1. The number of fused-ring (bicyclic) bond motifs is 1. The third kappa shape index (κ3) is 6.14. The molecule has 6 heteroatoms. The van der Waals surface area contributed by atoms with E-state index in [4.69, 9.17) is 14.5 Å². The summed E-state index contributed by atoms with van der Waals surface area (Å²) >= 11 is 0. The first-order valence-corrected chi connectivity index (χ1v) is 12.2. The van der Waals surface area contributed by atoms with Gasteiger partial charge in [-0.1, -0.05) is 29.8 Å². The zero-order valence-corrected chi connectivity index (χ0v) is 19.8. The van der Waals surface area contributed by atoms with Gasteiger partial charge in [-0.3, -0.25) is 4.79 Å². The summed E-state index contributed by atoms with van der Waals surface area (Å²) in [6.45, 7) is 7.15. The molecule has 1 saturated heterocycles. The smallest absolute Gasteiger partial charge is 0.249 e. The molecule has 0 radical (unpaired) electrons. The molecular weight excluding hydrogens is 414 g/mol. The van der Waals surface area contributed by atoms with Gasteiger partial charge in [-0.15, -0.1) is 0 Å². The van der Waals surface area contributed by atoms with Gasteiger partial charge in [0.05, 0.1) is 17.6 Å². The highest BCUT2D eigenvalue weighted by Gasteiger charge is 2.22. The maximum absolute atomic E-state index is 12.1. The van der Waals surface area contributed by atoms with Crippen LogP contribution in [0.1, 0.15) is 49.1 Å². The van der Waals surface area contributed by atoms with Crippen molar-refractivity contribution in [1.29, 1.82) is 0 Å². The number of carbonyl (C=O) groups is 1. The maximum atomic E-state index is 12.1. The van der Waals surface area contributed by atoms with E-state index in [1.165, 1.54) is 16.6 Å². The second-order valence-corrected chi connectivity index (χ2v) is 8.89. The number of benzene rings is 2. The summed E-state index contributed by atoms with van der Waals surface area (Å²) in [5, 5.41) is 3.01. The summed E-state index contributed by atoms with van der Waals surface area (Å²) in [7, 11) is 0. The van der Waals surface area contributed by atoms with Crippen LogP contribution in [0.25, 0.3) is 11.0 Å². The zero-order chi connectivity index (χ0) is 23.0. The lowest BCUT2D eigenvalue weighted by Crippen LogP contribution is -2.34. The molecule has 1 atom stereocenters. The fourth-order valence-corrected chi connectivity index (χ4v) is 4.44. The Bertz CT molecular complexity index is 1070. The number of aromatic nitrogens is 2. The average Bonchev–Trinajstić information content (AvgIpc) is 3.46. The number of nitrogens with zero attached hydrogens (tertiary/aromatic N) is 2. The monoisotopic (exact) mass is 449 g/mol. The molecular formula is C27H35N3O3. The van der Waals surface area contributed by atoms with Crippen LogP contribution in [-0.2, 0) is 22.5 Å². The average molecular weight is 450 g/mol. The largest absolute Gasteiger partial charge is 0.493 e. The van der Waals surface area contributed by atoms with Gasteiger partial charge in [0, 0.05) is 26.1 Å². The third-order valence-electron chi connectivity index (χ3n) is 6.20. The minimum Gasteiger partial charge on any atom is -0.493 e. The molecule has 33 heavy (non-hydrogen) atoms. The molecule has 1 unspecified atom stereocenters. The van der Waals surface area contributed by atoms with Gasteiger partial charge < -0.3 is 19.4 Å². The molecule has 1 aromatic heterocycles. The fraction of sp³-hybridized carbons (Fsp3) is 0.481. The number of imidazole rings is 1. The van der Waals surface area contributed by atoms with Crippen molar-refractivity contribution in [1.82, 2.24) is 14.9 Å². The van der Waals surface area contributed by atoms with Gasteiger partial charge in [-0.25, -0.2) is 4.98 Å². The number of para-hydroxylation sites is 2. The van der Waals surface area contributed by atoms with Crippen molar-refractivity contribution in [3.8, 4) is 5.75 Å². The number of ether oxygens (including phenoxy) is 2. The second kappa shape index (κ2) is 11.3. The summed E-state index contributed by atoms with van der Waals surface area (Å²) < 4.78 is 13.8. The minimum absolute atomic E-state index is 0.0183. The lowest BCUT2D eigenvalue weighted by Gasteiger charge is -2.12. The second-order valence-electron chi connectivity index (χ2n) is 8.89. The molecule has 0 spiro atoms. The van der Waals surface area contributed by atoms with E-state index in [1.807, 2.05) is 6.07 Å². The normalized spacial score (nSPS) is 15.8. The quantitative estimate of drug-likeness (QED) is 0.430. The molecule has 1 amide bonds. The van der Waals surface area contributed by atoms with Gasteiger partial charge >= 0.3 is 0 Å². The minimum atomic E-state index is -0.263. The van der Waals surface area contributed by atoms with E-state index in [-0.39, 0.29) is 12.0 Å². The van der Waals surface area contributed by atoms with Crippen LogP contribution < -0.4 is 10.1 Å². The Hall–Kier alpha value is -2.86. The molecule has 176 valence electrons. The first-order chi connectivity index (χ1) is 16.1. The van der Waals surface area contributed by atoms with Gasteiger partial charge in [0.15, 0.2) is 0 Å². The van der Waals surface area contributed by atoms with Crippen LogP contribution in [0.2, 0.25) is 0 Å². The van der Waals surface area contributed by atoms with Crippen molar-refractivity contribution in [3.63, 3.8) is 0 Å². The summed E-state index contributed by atoms with van der Waals surface area (Å²) in [6, 6.07) is 14.6. The number of unbranched alkanes of at least 4 members (excludes halogenated alkanes) is 1. The van der Waals surface area contributed by atoms with E-state index in [1.54, 1.807) is 0 Å². The first-order valence-electron chi connectivity index (χ1n) is 12.2. The molecule has 2 heterocycles. The third-order valence-corrected chi connectivity index (χ3v) is 6.20. The number of rotatable bonds is 11. The van der Waals surface area contributed by atoms with Gasteiger partial charge in [0.1, 0.15) is 17.7 Å². The Morgan fingerprint density at radius 2 is 2.06 bits per heavy atom. The maximum Gasteiger partial charge on any atom is 0.249 e. The molecule has 2 aromatic carbocycles. The van der Waals surface area contributed by atoms with Crippen molar-refractivity contribution in [2.24, 2.45) is 0 Å². The van der Waals surface area contributed by atoms with Gasteiger partial charge in [-0.05, 0) is 69.7 Å². The molecule has 1 aliphatic heterocycles. The van der Waals surface area contributed by atoms with Crippen LogP contribution in [0.5, 0.6) is 5.75 Å². The molecule has 4 rings (SSSR count). The van der Waals surface area contributed by atoms with E-state index in [0.29, 0.717) is 19.8 Å². The van der Waals surface area contributed by atoms with Crippen molar-refractivity contribution in [2.75, 3.05) is 19.8 Å². The Kier molecular flexibility index (Phi) is 8.00. The predicted molar refractivity (Wildman–Crippen MR) is 131 cm³/mol. The fourth-order valence-electron chi connectivity index (χ4n) is 4.44. The molecule has 0 aliphatic carbocycles. The summed E-state index contributed by atoms with van der Waals surface area (Å²) in [5.41, 5.74) is 4.64. The molecule has 0 bridgehead atoms. The van der Waals surface area contributed by atoms with Gasteiger partial charge in [-0.2, -0.15) is 0 Å². The van der Waals surface area contributed by atoms with E-state index in [9.17, 15) is 4.79 Å². The number of aryl methyl sites for hydroxylation is 4. The van der Waals surface area contributed by atoms with Gasteiger partial charge in [0.2, 0.25) is 5.91 Å². The molecule has 1 N–H and O–H groups in total. The van der Waals surface area contributed by atoms with E-state index in [0.717, 1.165) is 62.2 Å². The lowest BCUT2D eigenvalue weighted by atomic mass is 10.1. The number of amides is 1. The van der Waals surface area contributed by atoms with Crippen molar-refractivity contribution in [3.05, 3.63) is 59.4 Å². The van der Waals surface area contributed by atoms with Gasteiger partial charge in [0.25, 0.3) is 0 Å². The summed E-state index contributed by atoms with van der Waals surface area (Å²) in [6.07, 6.45) is 5.23. The molecule has 1 aliphatic rings. The van der Waals surface area contributed by atoms with E-state index >= 15 is 0 Å². The SMILES string of the molecule is Cc1ccc(OCCCCn2c(CCCNC(=O)C3CCCO3)nc3ccccc32)c(C)c1.